The lowest BCUT2D eigenvalue weighted by atomic mass is 10.2. The van der Waals surface area contributed by atoms with Gasteiger partial charge in [-0.15, -0.1) is 0 Å². The molecule has 0 heterocycles. The Morgan fingerprint density at radius 3 is 2.50 bits per heavy atom. The number of anilines is 1. The van der Waals surface area contributed by atoms with Crippen molar-refractivity contribution in [1.82, 2.24) is 5.43 Å². The highest BCUT2D eigenvalue weighted by molar-refractivity contribution is 7.80. The highest BCUT2D eigenvalue weighted by Gasteiger charge is 1.96. The average Bonchev–Trinajstić information content (AvgIpc) is 2.59. The number of unbranched alkanes of at least 4 members (excludes halogenated alkanes) is 1. The van der Waals surface area contributed by atoms with Crippen LogP contribution in [0.4, 0.5) is 5.69 Å². The van der Waals surface area contributed by atoms with E-state index in [1.54, 1.807) is 6.21 Å². The molecule has 4 nitrogen and oxygen atoms in total. The predicted octanol–water partition coefficient (Wildman–Crippen LogP) is 4.49. The maximum Gasteiger partial charge on any atom is 0.191 e. The van der Waals surface area contributed by atoms with Crippen molar-refractivity contribution in [1.29, 1.82) is 0 Å². The Balaban J connectivity index is 1.78. The Labute approximate surface area is 148 Å². The van der Waals surface area contributed by atoms with Crippen molar-refractivity contribution in [2.45, 2.75) is 26.7 Å². The van der Waals surface area contributed by atoms with E-state index in [0.29, 0.717) is 5.11 Å². The lowest BCUT2D eigenvalue weighted by Crippen LogP contribution is -2.23. The Bertz CT molecular complexity index is 666. The van der Waals surface area contributed by atoms with Crippen molar-refractivity contribution < 1.29 is 4.74 Å². The van der Waals surface area contributed by atoms with E-state index >= 15 is 0 Å². The van der Waals surface area contributed by atoms with Crippen LogP contribution in [-0.4, -0.2) is 17.9 Å². The number of benzene rings is 2. The van der Waals surface area contributed by atoms with Crippen molar-refractivity contribution in [2.24, 2.45) is 5.10 Å². The normalized spacial score (nSPS) is 10.6. The topological polar surface area (TPSA) is 45.6 Å². The minimum atomic E-state index is 0.453. The zero-order chi connectivity index (χ0) is 17.2. The number of ether oxygens (including phenoxy) is 1. The van der Waals surface area contributed by atoms with Gasteiger partial charge in [0.2, 0.25) is 0 Å². The molecule has 0 bridgehead atoms. The fourth-order valence-corrected chi connectivity index (χ4v) is 2.12. The van der Waals surface area contributed by atoms with Gasteiger partial charge in [0.1, 0.15) is 5.75 Å². The van der Waals surface area contributed by atoms with Gasteiger partial charge >= 0.3 is 0 Å². The van der Waals surface area contributed by atoms with Gasteiger partial charge in [0.25, 0.3) is 0 Å². The van der Waals surface area contributed by atoms with Gasteiger partial charge < -0.3 is 10.1 Å². The van der Waals surface area contributed by atoms with Gasteiger partial charge in [-0.05, 0) is 67.5 Å². The van der Waals surface area contributed by atoms with E-state index in [9.17, 15) is 0 Å². The van der Waals surface area contributed by atoms with E-state index in [-0.39, 0.29) is 0 Å². The first kappa shape index (κ1) is 17.9. The maximum absolute atomic E-state index is 5.63. The fourth-order valence-electron chi connectivity index (χ4n) is 1.95. The van der Waals surface area contributed by atoms with Gasteiger partial charge in [-0.25, -0.2) is 0 Å². The third-order valence-corrected chi connectivity index (χ3v) is 3.53. The summed E-state index contributed by atoms with van der Waals surface area (Å²) in [4.78, 5) is 0. The van der Waals surface area contributed by atoms with Crippen LogP contribution in [0.5, 0.6) is 5.75 Å². The minimum absolute atomic E-state index is 0.453. The average molecular weight is 341 g/mol. The monoisotopic (exact) mass is 341 g/mol. The van der Waals surface area contributed by atoms with Crippen molar-refractivity contribution in [3.8, 4) is 5.75 Å². The molecule has 0 aromatic heterocycles. The summed E-state index contributed by atoms with van der Waals surface area (Å²) in [6, 6.07) is 15.8. The van der Waals surface area contributed by atoms with Gasteiger partial charge in [0, 0.05) is 5.69 Å². The first-order valence-electron chi connectivity index (χ1n) is 8.07. The molecule has 0 aliphatic rings. The van der Waals surface area contributed by atoms with Gasteiger partial charge in [0.15, 0.2) is 5.11 Å². The Morgan fingerprint density at radius 2 is 1.83 bits per heavy atom. The van der Waals surface area contributed by atoms with Crippen LogP contribution in [0.2, 0.25) is 0 Å². The number of nitrogens with one attached hydrogen (secondary N) is 2. The second kappa shape index (κ2) is 9.67. The summed E-state index contributed by atoms with van der Waals surface area (Å²) < 4.78 is 5.63. The number of rotatable bonds is 7. The zero-order valence-corrected chi connectivity index (χ0v) is 14.9. The lowest BCUT2D eigenvalue weighted by Gasteiger charge is -2.07. The van der Waals surface area contributed by atoms with E-state index < -0.39 is 0 Å². The third-order valence-electron chi connectivity index (χ3n) is 3.34. The maximum atomic E-state index is 5.63. The predicted molar refractivity (Wildman–Crippen MR) is 105 cm³/mol. The largest absolute Gasteiger partial charge is 0.494 e. The number of thiocarbonyl (C=S) groups is 1. The van der Waals surface area contributed by atoms with Crippen LogP contribution in [0, 0.1) is 6.92 Å². The van der Waals surface area contributed by atoms with Crippen LogP contribution < -0.4 is 15.5 Å². The number of nitrogens with zero attached hydrogens (tertiary/aromatic N) is 1. The third kappa shape index (κ3) is 6.38. The summed E-state index contributed by atoms with van der Waals surface area (Å²) in [5.74, 6) is 0.880. The second-order valence-corrected chi connectivity index (χ2v) is 5.87. The highest BCUT2D eigenvalue weighted by atomic mass is 32.1. The molecule has 126 valence electrons. The van der Waals surface area contributed by atoms with E-state index in [4.69, 9.17) is 17.0 Å². The molecule has 2 aromatic rings. The molecule has 0 aliphatic heterocycles. The quantitative estimate of drug-likeness (QED) is 0.337. The number of hydrogen-bond donors (Lipinski definition) is 2. The van der Waals surface area contributed by atoms with Crippen molar-refractivity contribution in [3.05, 3.63) is 59.7 Å². The summed E-state index contributed by atoms with van der Waals surface area (Å²) in [5, 5.41) is 7.67. The molecule has 0 atom stereocenters. The van der Waals surface area contributed by atoms with Gasteiger partial charge in [-0.2, -0.15) is 5.10 Å². The molecule has 2 rings (SSSR count). The van der Waals surface area contributed by atoms with E-state index in [1.165, 1.54) is 5.56 Å². The summed E-state index contributed by atoms with van der Waals surface area (Å²) in [7, 11) is 0. The zero-order valence-electron chi connectivity index (χ0n) is 14.1. The van der Waals surface area contributed by atoms with E-state index in [0.717, 1.165) is 36.4 Å². The molecule has 0 fully saturated rings. The first-order valence-corrected chi connectivity index (χ1v) is 8.48. The smallest absolute Gasteiger partial charge is 0.191 e. The molecule has 2 aromatic carbocycles. The second-order valence-electron chi connectivity index (χ2n) is 5.46. The molecular weight excluding hydrogens is 318 g/mol. The molecule has 0 saturated carbocycles. The number of hydrazone groups is 1. The van der Waals surface area contributed by atoms with Gasteiger partial charge in [-0.1, -0.05) is 31.0 Å². The van der Waals surface area contributed by atoms with E-state index in [2.05, 4.69) is 22.8 Å². The molecular formula is C19H23N3OS. The van der Waals surface area contributed by atoms with Crippen LogP contribution in [0.15, 0.2) is 53.6 Å². The molecule has 2 N–H and O–H groups in total. The lowest BCUT2D eigenvalue weighted by molar-refractivity contribution is 0.309. The standard InChI is InChI=1S/C19H23N3OS/c1-3-4-13-23-18-11-7-16(8-12-18)14-20-22-19(24)21-17-9-5-15(2)6-10-17/h5-12,14H,3-4,13H2,1-2H3,(H2,21,22,24)/b20-14+. The molecule has 0 unspecified atom stereocenters. The molecule has 0 aliphatic carbocycles. The van der Waals surface area contributed by atoms with Crippen molar-refractivity contribution >= 4 is 29.2 Å². The molecule has 0 radical (unpaired) electrons. The van der Waals surface area contributed by atoms with Crippen LogP contribution in [0.25, 0.3) is 0 Å². The van der Waals surface area contributed by atoms with E-state index in [1.807, 2.05) is 55.5 Å². The molecule has 0 amide bonds. The first-order chi connectivity index (χ1) is 11.7. The SMILES string of the molecule is CCCCOc1ccc(/C=N/NC(=S)Nc2ccc(C)cc2)cc1. The van der Waals surface area contributed by atoms with Crippen LogP contribution in [-0.2, 0) is 0 Å². The Kier molecular flexibility index (Phi) is 7.23. The summed E-state index contributed by atoms with van der Waals surface area (Å²) in [6.07, 6.45) is 3.92. The Hall–Kier alpha value is -2.40. The number of hydrogen-bond acceptors (Lipinski definition) is 3. The fraction of sp³-hybridized carbons (Fsp3) is 0.263. The van der Waals surface area contributed by atoms with Gasteiger partial charge in [0.05, 0.1) is 12.8 Å². The summed E-state index contributed by atoms with van der Waals surface area (Å²) in [6.45, 7) is 4.95. The Morgan fingerprint density at radius 1 is 1.12 bits per heavy atom. The molecule has 0 spiro atoms. The highest BCUT2D eigenvalue weighted by Crippen LogP contribution is 2.11. The number of aryl methyl sites for hydroxylation is 1. The molecule has 5 heteroatoms. The van der Waals surface area contributed by atoms with Crippen molar-refractivity contribution in [3.63, 3.8) is 0 Å². The minimum Gasteiger partial charge on any atom is -0.494 e. The van der Waals surface area contributed by atoms with Crippen LogP contribution in [0.3, 0.4) is 0 Å². The van der Waals surface area contributed by atoms with Crippen molar-refractivity contribution in [2.75, 3.05) is 11.9 Å². The van der Waals surface area contributed by atoms with Crippen LogP contribution >= 0.6 is 12.2 Å². The summed E-state index contributed by atoms with van der Waals surface area (Å²) >= 11 is 5.21. The summed E-state index contributed by atoms with van der Waals surface area (Å²) in [5.41, 5.74) is 5.92. The van der Waals surface area contributed by atoms with Crippen LogP contribution in [0.1, 0.15) is 30.9 Å². The molecule has 24 heavy (non-hydrogen) atoms. The van der Waals surface area contributed by atoms with Gasteiger partial charge in [-0.3, -0.25) is 5.43 Å². The molecule has 0 saturated heterocycles.